The summed E-state index contributed by atoms with van der Waals surface area (Å²) in [6.07, 6.45) is 4.64. The van der Waals surface area contributed by atoms with E-state index in [-0.39, 0.29) is 6.10 Å². The quantitative estimate of drug-likeness (QED) is 0.654. The maximum absolute atomic E-state index is 9.39. The van der Waals surface area contributed by atoms with Gasteiger partial charge in [-0.05, 0) is 19.8 Å². The predicted molar refractivity (Wildman–Crippen MR) is 65.6 cm³/mol. The van der Waals surface area contributed by atoms with Gasteiger partial charge in [-0.15, -0.1) is 0 Å². The molecule has 16 heavy (non-hydrogen) atoms. The monoisotopic (exact) mass is 224 g/mol. The minimum Gasteiger partial charge on any atom is -0.393 e. The molecule has 1 aromatic heterocycles. The van der Waals surface area contributed by atoms with Gasteiger partial charge in [-0.3, -0.25) is 4.98 Å². The van der Waals surface area contributed by atoms with Gasteiger partial charge in [0.25, 0.3) is 0 Å². The first-order chi connectivity index (χ1) is 7.76. The molecule has 1 unspecified atom stereocenters. The third kappa shape index (κ3) is 4.44. The average molecular weight is 224 g/mol. The van der Waals surface area contributed by atoms with Gasteiger partial charge in [0.15, 0.2) is 0 Å². The summed E-state index contributed by atoms with van der Waals surface area (Å²) < 4.78 is 0. The van der Waals surface area contributed by atoms with Gasteiger partial charge in [0.2, 0.25) is 0 Å². The van der Waals surface area contributed by atoms with Crippen LogP contribution in [0, 0.1) is 0 Å². The van der Waals surface area contributed by atoms with Crippen LogP contribution in [0.1, 0.15) is 26.7 Å². The van der Waals surface area contributed by atoms with Crippen molar-refractivity contribution in [2.75, 3.05) is 23.7 Å². The zero-order valence-corrected chi connectivity index (χ0v) is 9.90. The van der Waals surface area contributed by atoms with Gasteiger partial charge < -0.3 is 15.7 Å². The van der Waals surface area contributed by atoms with E-state index in [0.717, 1.165) is 31.0 Å². The number of aromatic nitrogens is 2. The Morgan fingerprint density at radius 1 is 1.25 bits per heavy atom. The number of rotatable bonds is 7. The highest BCUT2D eigenvalue weighted by Crippen LogP contribution is 2.06. The lowest BCUT2D eigenvalue weighted by Gasteiger charge is -2.09. The van der Waals surface area contributed by atoms with Crippen LogP contribution in [0.3, 0.4) is 0 Å². The summed E-state index contributed by atoms with van der Waals surface area (Å²) in [4.78, 5) is 8.39. The molecule has 5 heteroatoms. The van der Waals surface area contributed by atoms with E-state index < -0.39 is 0 Å². The minimum atomic E-state index is -0.239. The lowest BCUT2D eigenvalue weighted by molar-refractivity contribution is 0.164. The zero-order valence-electron chi connectivity index (χ0n) is 9.90. The van der Waals surface area contributed by atoms with Crippen molar-refractivity contribution in [1.29, 1.82) is 0 Å². The van der Waals surface area contributed by atoms with Crippen LogP contribution in [-0.4, -0.2) is 34.3 Å². The molecule has 1 rings (SSSR count). The number of hydrogen-bond donors (Lipinski definition) is 3. The Bertz CT molecular complexity index is 306. The van der Waals surface area contributed by atoms with E-state index in [0.29, 0.717) is 6.54 Å². The van der Waals surface area contributed by atoms with E-state index in [1.54, 1.807) is 12.4 Å². The highest BCUT2D eigenvalue weighted by Gasteiger charge is 2.01. The second-order valence-corrected chi connectivity index (χ2v) is 3.60. The Balaban J connectivity index is 2.38. The van der Waals surface area contributed by atoms with E-state index in [1.807, 2.05) is 13.8 Å². The van der Waals surface area contributed by atoms with E-state index in [9.17, 15) is 5.11 Å². The Kier molecular flexibility index (Phi) is 5.56. The first-order valence-electron chi connectivity index (χ1n) is 5.74. The van der Waals surface area contributed by atoms with Crippen molar-refractivity contribution in [2.45, 2.75) is 32.8 Å². The van der Waals surface area contributed by atoms with Crippen LogP contribution >= 0.6 is 0 Å². The first kappa shape index (κ1) is 12.7. The summed E-state index contributed by atoms with van der Waals surface area (Å²) in [5, 5.41) is 15.6. The van der Waals surface area contributed by atoms with Crippen molar-refractivity contribution < 1.29 is 5.11 Å². The fraction of sp³-hybridized carbons (Fsp3) is 0.636. The summed E-state index contributed by atoms with van der Waals surface area (Å²) in [6.45, 7) is 5.52. The Morgan fingerprint density at radius 2 is 1.94 bits per heavy atom. The van der Waals surface area contributed by atoms with Crippen LogP contribution in [-0.2, 0) is 0 Å². The molecule has 1 aromatic rings. The van der Waals surface area contributed by atoms with Crippen molar-refractivity contribution in [2.24, 2.45) is 0 Å². The molecule has 1 atom stereocenters. The molecule has 1 heterocycles. The third-order valence-corrected chi connectivity index (χ3v) is 2.25. The molecule has 0 saturated heterocycles. The number of nitrogens with one attached hydrogen (secondary N) is 2. The van der Waals surface area contributed by atoms with E-state index in [4.69, 9.17) is 0 Å². The molecule has 5 nitrogen and oxygen atoms in total. The first-order valence-corrected chi connectivity index (χ1v) is 5.74. The van der Waals surface area contributed by atoms with Crippen LogP contribution in [0.25, 0.3) is 0 Å². The molecular weight excluding hydrogens is 204 g/mol. The van der Waals surface area contributed by atoms with Crippen molar-refractivity contribution >= 4 is 11.6 Å². The van der Waals surface area contributed by atoms with E-state index >= 15 is 0 Å². The van der Waals surface area contributed by atoms with Crippen molar-refractivity contribution in [1.82, 2.24) is 9.97 Å². The van der Waals surface area contributed by atoms with Crippen LogP contribution in [0.5, 0.6) is 0 Å². The third-order valence-electron chi connectivity index (χ3n) is 2.25. The Hall–Kier alpha value is -1.36. The molecule has 0 aromatic carbocycles. The molecule has 3 N–H and O–H groups in total. The topological polar surface area (TPSA) is 70.1 Å². The molecule has 0 radical (unpaired) electrons. The van der Waals surface area contributed by atoms with Gasteiger partial charge >= 0.3 is 0 Å². The molecule has 0 aliphatic carbocycles. The lowest BCUT2D eigenvalue weighted by Crippen LogP contribution is -2.13. The van der Waals surface area contributed by atoms with Gasteiger partial charge in [0, 0.05) is 13.1 Å². The van der Waals surface area contributed by atoms with E-state index in [1.165, 1.54) is 0 Å². The second-order valence-electron chi connectivity index (χ2n) is 3.60. The molecule has 90 valence electrons. The van der Waals surface area contributed by atoms with Gasteiger partial charge in [-0.25, -0.2) is 4.98 Å². The smallest absolute Gasteiger partial charge is 0.146 e. The average Bonchev–Trinajstić information content (AvgIpc) is 2.30. The summed E-state index contributed by atoms with van der Waals surface area (Å²) in [5.74, 6) is 1.50. The largest absolute Gasteiger partial charge is 0.393 e. The number of anilines is 2. The highest BCUT2D eigenvalue weighted by atomic mass is 16.3. The lowest BCUT2D eigenvalue weighted by atomic mass is 10.2. The van der Waals surface area contributed by atoms with Crippen molar-refractivity contribution in [3.8, 4) is 0 Å². The van der Waals surface area contributed by atoms with Crippen LogP contribution in [0.2, 0.25) is 0 Å². The fourth-order valence-corrected chi connectivity index (χ4v) is 1.29. The number of aliphatic hydroxyl groups is 1. The molecular formula is C11H20N4O. The number of nitrogens with zero attached hydrogens (tertiary/aromatic N) is 2. The maximum atomic E-state index is 9.39. The summed E-state index contributed by atoms with van der Waals surface area (Å²) in [5.41, 5.74) is 0. The van der Waals surface area contributed by atoms with Gasteiger partial charge in [-0.1, -0.05) is 6.92 Å². The normalized spacial score (nSPS) is 12.2. The molecule has 0 spiro atoms. The van der Waals surface area contributed by atoms with Gasteiger partial charge in [-0.2, -0.15) is 0 Å². The molecule has 0 bridgehead atoms. The van der Waals surface area contributed by atoms with E-state index in [2.05, 4.69) is 20.6 Å². The van der Waals surface area contributed by atoms with Crippen molar-refractivity contribution in [3.05, 3.63) is 12.4 Å². The second kappa shape index (κ2) is 7.00. The fourth-order valence-electron chi connectivity index (χ4n) is 1.29. The van der Waals surface area contributed by atoms with Crippen LogP contribution in [0.4, 0.5) is 11.6 Å². The van der Waals surface area contributed by atoms with Gasteiger partial charge in [0.05, 0.1) is 18.5 Å². The van der Waals surface area contributed by atoms with Crippen LogP contribution < -0.4 is 10.6 Å². The number of aliphatic hydroxyl groups excluding tert-OH is 1. The SMILES string of the molecule is CCNc1cncc(NCCC(O)CC)n1. The summed E-state index contributed by atoms with van der Waals surface area (Å²) in [7, 11) is 0. The Morgan fingerprint density at radius 3 is 2.56 bits per heavy atom. The maximum Gasteiger partial charge on any atom is 0.146 e. The zero-order chi connectivity index (χ0) is 11.8. The van der Waals surface area contributed by atoms with Crippen LogP contribution in [0.15, 0.2) is 12.4 Å². The highest BCUT2D eigenvalue weighted by molar-refractivity contribution is 5.41. The molecule has 0 amide bonds. The minimum absolute atomic E-state index is 0.239. The molecule has 0 aliphatic heterocycles. The number of hydrogen-bond acceptors (Lipinski definition) is 5. The predicted octanol–water partition coefficient (Wildman–Crippen LogP) is 1.48. The van der Waals surface area contributed by atoms with Gasteiger partial charge in [0.1, 0.15) is 11.6 Å². The summed E-state index contributed by atoms with van der Waals surface area (Å²) >= 11 is 0. The van der Waals surface area contributed by atoms with Crippen molar-refractivity contribution in [3.63, 3.8) is 0 Å². The Labute approximate surface area is 96.3 Å². The summed E-state index contributed by atoms with van der Waals surface area (Å²) in [6, 6.07) is 0. The molecule has 0 aliphatic rings. The molecule has 0 fully saturated rings. The standard InChI is InChI=1S/C11H20N4O/c1-3-9(16)5-6-14-11-8-12-7-10(15-11)13-4-2/h7-9,16H,3-6H2,1-2H3,(H2,13,14,15). The molecule has 0 saturated carbocycles.